The Morgan fingerprint density at radius 1 is 0.769 bits per heavy atom. The van der Waals surface area contributed by atoms with Crippen molar-refractivity contribution in [3.05, 3.63) is 60.7 Å². The number of unbranched alkanes of at least 4 members (excludes halogenated alkanes) is 2. The van der Waals surface area contributed by atoms with E-state index in [1.54, 1.807) is 60.7 Å². The van der Waals surface area contributed by atoms with Crippen molar-refractivity contribution >= 4 is 49.8 Å². The summed E-state index contributed by atoms with van der Waals surface area (Å²) >= 11 is 0. The molecule has 3 aromatic rings. The van der Waals surface area contributed by atoms with E-state index in [1.165, 1.54) is 0 Å². The molecule has 9 heteroatoms. The van der Waals surface area contributed by atoms with E-state index in [0.29, 0.717) is 40.9 Å². The summed E-state index contributed by atoms with van der Waals surface area (Å²) in [4.78, 5) is 27.3. The first kappa shape index (κ1) is 30.0. The van der Waals surface area contributed by atoms with Crippen LogP contribution in [0.2, 0.25) is 0 Å². The lowest BCUT2D eigenvalue weighted by Gasteiger charge is -2.23. The smallest absolute Gasteiger partial charge is 0.321 e. The third-order valence-corrected chi connectivity index (χ3v) is 7.78. The molecule has 0 fully saturated rings. The van der Waals surface area contributed by atoms with E-state index in [4.69, 9.17) is 0 Å². The molecule has 0 saturated heterocycles. The predicted molar refractivity (Wildman–Crippen MR) is 160 cm³/mol. The third-order valence-electron chi connectivity index (χ3n) is 6.34. The van der Waals surface area contributed by atoms with E-state index < -0.39 is 15.4 Å². The van der Waals surface area contributed by atoms with Crippen LogP contribution < -0.4 is 15.4 Å². The molecule has 8 nitrogen and oxygen atoms in total. The van der Waals surface area contributed by atoms with E-state index in [1.807, 2.05) is 25.7 Å². The summed E-state index contributed by atoms with van der Waals surface area (Å²) < 4.78 is 29.4. The molecule has 0 heterocycles. The average molecular weight is 553 g/mol. The van der Waals surface area contributed by atoms with Crippen LogP contribution in [0.1, 0.15) is 60.3 Å². The van der Waals surface area contributed by atoms with Gasteiger partial charge in [-0.3, -0.25) is 9.52 Å². The Bertz CT molecular complexity index is 1390. The van der Waals surface area contributed by atoms with Gasteiger partial charge in [0.2, 0.25) is 5.91 Å². The number of sulfonamides is 1. The molecule has 3 amide bonds. The number of nitrogens with zero attached hydrogens (tertiary/aromatic N) is 1. The van der Waals surface area contributed by atoms with Gasteiger partial charge in [0.1, 0.15) is 0 Å². The number of carbonyl (C=O) groups is 2. The second-order valence-corrected chi connectivity index (χ2v) is 12.3. The highest BCUT2D eigenvalue weighted by Gasteiger charge is 2.22. The van der Waals surface area contributed by atoms with Gasteiger partial charge in [-0.05, 0) is 49.2 Å². The number of nitrogens with one attached hydrogen (secondary N) is 3. The van der Waals surface area contributed by atoms with Crippen LogP contribution in [0.15, 0.2) is 65.6 Å². The fraction of sp³-hybridized carbons (Fsp3) is 0.400. The Kier molecular flexibility index (Phi) is 9.97. The maximum absolute atomic E-state index is 13.4. The molecule has 0 bridgehead atoms. The molecule has 0 aliphatic rings. The lowest BCUT2D eigenvalue weighted by Crippen LogP contribution is -2.36. The summed E-state index contributed by atoms with van der Waals surface area (Å²) in [6.45, 7) is 11.0. The quantitative estimate of drug-likeness (QED) is 0.237. The summed E-state index contributed by atoms with van der Waals surface area (Å²) in [6.07, 6.45) is 3.83. The summed E-state index contributed by atoms with van der Waals surface area (Å²) in [5, 5.41) is 6.97. The van der Waals surface area contributed by atoms with Crippen molar-refractivity contribution in [2.45, 2.75) is 65.2 Å². The maximum atomic E-state index is 13.4. The molecule has 0 saturated carbocycles. The van der Waals surface area contributed by atoms with Gasteiger partial charge < -0.3 is 15.5 Å². The second kappa shape index (κ2) is 13.0. The fourth-order valence-corrected chi connectivity index (χ4v) is 5.26. The van der Waals surface area contributed by atoms with E-state index in [2.05, 4.69) is 29.2 Å². The normalized spacial score (nSPS) is 11.7. The predicted octanol–water partition coefficient (Wildman–Crippen LogP) is 7.06. The Morgan fingerprint density at radius 3 is 1.92 bits per heavy atom. The number of fused-ring (bicyclic) bond motifs is 1. The third kappa shape index (κ3) is 7.95. The average Bonchev–Trinajstić information content (AvgIpc) is 2.89. The van der Waals surface area contributed by atoms with E-state index in [0.717, 1.165) is 25.7 Å². The van der Waals surface area contributed by atoms with Crippen molar-refractivity contribution in [2.24, 2.45) is 5.41 Å². The molecule has 0 aromatic heterocycles. The first-order valence-corrected chi connectivity index (χ1v) is 15.0. The van der Waals surface area contributed by atoms with Gasteiger partial charge in [0.25, 0.3) is 10.0 Å². The van der Waals surface area contributed by atoms with Gasteiger partial charge in [-0.25, -0.2) is 13.2 Å². The molecule has 0 aliphatic carbocycles. The maximum Gasteiger partial charge on any atom is 0.321 e. The van der Waals surface area contributed by atoms with Crippen molar-refractivity contribution in [3.63, 3.8) is 0 Å². The highest BCUT2D eigenvalue weighted by atomic mass is 32.2. The minimum atomic E-state index is -3.95. The Balaban J connectivity index is 1.84. The molecule has 0 radical (unpaired) electrons. The number of amides is 3. The molecule has 3 rings (SSSR count). The van der Waals surface area contributed by atoms with Crippen LogP contribution in [0.5, 0.6) is 0 Å². The van der Waals surface area contributed by atoms with Crippen LogP contribution in [0.25, 0.3) is 10.8 Å². The van der Waals surface area contributed by atoms with Gasteiger partial charge in [-0.2, -0.15) is 0 Å². The molecule has 3 N–H and O–H groups in total. The molecule has 0 atom stereocenters. The minimum absolute atomic E-state index is 0.107. The van der Waals surface area contributed by atoms with Gasteiger partial charge in [0.15, 0.2) is 0 Å². The molecule has 0 spiro atoms. The summed E-state index contributed by atoms with van der Waals surface area (Å²) in [5.41, 5.74) is 0.963. The topological polar surface area (TPSA) is 108 Å². The number of anilines is 3. The number of rotatable bonds is 11. The van der Waals surface area contributed by atoms with Gasteiger partial charge >= 0.3 is 6.03 Å². The van der Waals surface area contributed by atoms with Crippen molar-refractivity contribution in [1.29, 1.82) is 0 Å². The lowest BCUT2D eigenvalue weighted by atomic mass is 9.95. The van der Waals surface area contributed by atoms with Gasteiger partial charge in [-0.1, -0.05) is 71.7 Å². The Morgan fingerprint density at radius 2 is 1.33 bits per heavy atom. The van der Waals surface area contributed by atoms with Crippen molar-refractivity contribution in [3.8, 4) is 0 Å². The van der Waals surface area contributed by atoms with Crippen LogP contribution in [-0.4, -0.2) is 38.3 Å². The molecule has 0 unspecified atom stereocenters. The van der Waals surface area contributed by atoms with E-state index in [9.17, 15) is 18.0 Å². The SMILES string of the molecule is CCCCN(CCCC)C(=O)Nc1cccc2c(S(=O)(=O)Nc3ccc(NC(=O)C(C)(C)C)cc3)cccc12. The van der Waals surface area contributed by atoms with Crippen LogP contribution in [0.4, 0.5) is 21.9 Å². The Hall–Kier alpha value is -3.59. The number of urea groups is 1. The second-order valence-electron chi connectivity index (χ2n) is 10.7. The van der Waals surface area contributed by atoms with E-state index in [-0.39, 0.29) is 16.8 Å². The van der Waals surface area contributed by atoms with E-state index >= 15 is 0 Å². The van der Waals surface area contributed by atoms with Crippen molar-refractivity contribution in [2.75, 3.05) is 28.4 Å². The highest BCUT2D eigenvalue weighted by Crippen LogP contribution is 2.30. The number of carbonyl (C=O) groups excluding carboxylic acids is 2. The summed E-state index contributed by atoms with van der Waals surface area (Å²) in [5.74, 6) is -0.131. The first-order valence-electron chi connectivity index (χ1n) is 13.5. The largest absolute Gasteiger partial charge is 0.326 e. The van der Waals surface area contributed by atoms with Gasteiger partial charge in [0, 0.05) is 40.7 Å². The molecule has 210 valence electrons. The minimum Gasteiger partial charge on any atom is -0.326 e. The summed E-state index contributed by atoms with van der Waals surface area (Å²) in [6, 6.07) is 16.6. The Labute approximate surface area is 232 Å². The van der Waals surface area contributed by atoms with Gasteiger partial charge in [-0.15, -0.1) is 0 Å². The number of hydrogen-bond donors (Lipinski definition) is 3. The standard InChI is InChI=1S/C30H40N4O4S/c1-6-8-20-34(21-9-7-2)29(36)32-26-14-10-13-25-24(26)12-11-15-27(25)39(37,38)33-23-18-16-22(17-19-23)31-28(35)30(3,4)5/h10-19,33H,6-9,20-21H2,1-5H3,(H,31,35)(H,32,36). The monoisotopic (exact) mass is 552 g/mol. The molecule has 0 aliphatic heterocycles. The lowest BCUT2D eigenvalue weighted by molar-refractivity contribution is -0.123. The molecule has 3 aromatic carbocycles. The molecule has 39 heavy (non-hydrogen) atoms. The number of hydrogen-bond acceptors (Lipinski definition) is 4. The zero-order valence-electron chi connectivity index (χ0n) is 23.5. The van der Waals surface area contributed by atoms with Crippen LogP contribution in [-0.2, 0) is 14.8 Å². The summed E-state index contributed by atoms with van der Waals surface area (Å²) in [7, 11) is -3.95. The zero-order valence-corrected chi connectivity index (χ0v) is 24.3. The number of benzene rings is 3. The van der Waals surface area contributed by atoms with Crippen LogP contribution in [0, 0.1) is 5.41 Å². The zero-order chi connectivity index (χ0) is 28.6. The van der Waals surface area contributed by atoms with Crippen LogP contribution >= 0.6 is 0 Å². The molecular weight excluding hydrogens is 512 g/mol. The van der Waals surface area contributed by atoms with Crippen molar-refractivity contribution in [1.82, 2.24) is 4.90 Å². The van der Waals surface area contributed by atoms with Gasteiger partial charge in [0.05, 0.1) is 10.6 Å². The first-order chi connectivity index (χ1) is 18.5. The van der Waals surface area contributed by atoms with Crippen molar-refractivity contribution < 1.29 is 18.0 Å². The highest BCUT2D eigenvalue weighted by molar-refractivity contribution is 7.93. The molecular formula is C30H40N4O4S. The fourth-order valence-electron chi connectivity index (χ4n) is 3.98. The van der Waals surface area contributed by atoms with Crippen LogP contribution in [0.3, 0.4) is 0 Å².